The molecule has 1 aliphatic rings. The number of hydrogen-bond donors (Lipinski definition) is 0. The zero-order valence-corrected chi connectivity index (χ0v) is 18.2. The molecule has 1 aromatic heterocycles. The summed E-state index contributed by atoms with van der Waals surface area (Å²) in [6.45, 7) is 2.17. The lowest BCUT2D eigenvalue weighted by molar-refractivity contribution is 0.213. The molecule has 2 aromatic carbocycles. The van der Waals surface area contributed by atoms with Gasteiger partial charge >= 0.3 is 5.63 Å². The number of hydrogen-bond acceptors (Lipinski definition) is 6. The first kappa shape index (κ1) is 21.4. The van der Waals surface area contributed by atoms with Crippen LogP contribution in [0.25, 0.3) is 0 Å². The first-order valence-electron chi connectivity index (χ1n) is 9.62. The summed E-state index contributed by atoms with van der Waals surface area (Å²) in [4.78, 5) is 11.6. The first-order valence-corrected chi connectivity index (χ1v) is 11.4. The van der Waals surface area contributed by atoms with Gasteiger partial charge in [-0.25, -0.2) is 13.2 Å². The van der Waals surface area contributed by atoms with Gasteiger partial charge < -0.3 is 13.9 Å². The molecule has 9 heteroatoms. The number of nitrogens with zero attached hydrogens (tertiary/aromatic N) is 1. The Labute approximate surface area is 184 Å². The van der Waals surface area contributed by atoms with Crippen LogP contribution in [-0.2, 0) is 10.0 Å². The summed E-state index contributed by atoms with van der Waals surface area (Å²) in [6.07, 6.45) is 0.172. The maximum Gasteiger partial charge on any atom is 0.339 e. The second kappa shape index (κ2) is 8.74. The maximum atomic E-state index is 13.0. The molecule has 4 rings (SSSR count). The van der Waals surface area contributed by atoms with Crippen molar-refractivity contribution < 1.29 is 22.3 Å². The predicted molar refractivity (Wildman–Crippen MR) is 115 cm³/mol. The predicted octanol–water partition coefficient (Wildman–Crippen LogP) is 4.24. The molecule has 1 fully saturated rings. The van der Waals surface area contributed by atoms with Gasteiger partial charge in [-0.1, -0.05) is 23.7 Å². The third-order valence-corrected chi connectivity index (χ3v) is 7.00. The molecule has 7 nitrogen and oxygen atoms in total. The molecule has 1 unspecified atom stereocenters. The molecule has 0 radical (unpaired) electrons. The highest BCUT2D eigenvalue weighted by Gasteiger charge is 2.33. The average Bonchev–Trinajstić information content (AvgIpc) is 3.19. The molecule has 0 N–H and O–H groups in total. The van der Waals surface area contributed by atoms with Crippen molar-refractivity contribution in [1.82, 2.24) is 4.31 Å². The van der Waals surface area contributed by atoms with Gasteiger partial charge in [0.25, 0.3) is 0 Å². The minimum absolute atomic E-state index is 0.163. The number of aryl methyl sites for hydroxylation is 1. The summed E-state index contributed by atoms with van der Waals surface area (Å²) >= 11 is 6.09. The van der Waals surface area contributed by atoms with E-state index in [1.165, 1.54) is 22.5 Å². The van der Waals surface area contributed by atoms with Gasteiger partial charge in [-0.15, -0.1) is 0 Å². The largest absolute Gasteiger partial charge is 0.489 e. The summed E-state index contributed by atoms with van der Waals surface area (Å²) in [7, 11) is -3.69. The summed E-state index contributed by atoms with van der Waals surface area (Å²) in [5.41, 5.74) is -0.503. The topological polar surface area (TPSA) is 86.0 Å². The van der Waals surface area contributed by atoms with Crippen LogP contribution in [0.1, 0.15) is 12.2 Å². The highest BCUT2D eigenvalue weighted by molar-refractivity contribution is 7.89. The summed E-state index contributed by atoms with van der Waals surface area (Å²) in [5.74, 6) is 1.78. The van der Waals surface area contributed by atoms with Gasteiger partial charge in [0.1, 0.15) is 29.1 Å². The first-order chi connectivity index (χ1) is 14.8. The van der Waals surface area contributed by atoms with E-state index < -0.39 is 15.6 Å². The standard InChI is InChI=1S/C22H20ClNO6S/c1-15-12-18(13-22(25)28-15)29-17-10-11-24(14-17)31(26,27)19-8-6-16(7-9-19)30-21-5-3-2-4-20(21)23/h2-9,12-13,17H,10-11,14H2,1H3. The molecule has 1 atom stereocenters. The molecule has 31 heavy (non-hydrogen) atoms. The van der Waals surface area contributed by atoms with E-state index in [1.807, 2.05) is 0 Å². The molecule has 162 valence electrons. The van der Waals surface area contributed by atoms with Gasteiger partial charge in [0.2, 0.25) is 10.0 Å². The van der Waals surface area contributed by atoms with E-state index in [1.54, 1.807) is 49.4 Å². The quantitative estimate of drug-likeness (QED) is 0.546. The van der Waals surface area contributed by atoms with E-state index in [0.717, 1.165) is 0 Å². The van der Waals surface area contributed by atoms with Crippen LogP contribution in [0, 0.1) is 6.92 Å². The monoisotopic (exact) mass is 461 g/mol. The SMILES string of the molecule is Cc1cc(OC2CCN(S(=O)(=O)c3ccc(Oc4ccccc4Cl)cc3)C2)cc(=O)o1. The van der Waals surface area contributed by atoms with Crippen molar-refractivity contribution in [3.05, 3.63) is 81.9 Å². The lowest BCUT2D eigenvalue weighted by atomic mass is 10.3. The van der Waals surface area contributed by atoms with E-state index >= 15 is 0 Å². The van der Waals surface area contributed by atoms with Crippen molar-refractivity contribution in [2.24, 2.45) is 0 Å². The minimum Gasteiger partial charge on any atom is -0.489 e. The van der Waals surface area contributed by atoms with Gasteiger partial charge in [-0.05, 0) is 49.7 Å². The molecule has 1 saturated heterocycles. The van der Waals surface area contributed by atoms with E-state index in [9.17, 15) is 13.2 Å². The zero-order chi connectivity index (χ0) is 22.0. The van der Waals surface area contributed by atoms with Crippen molar-refractivity contribution in [2.75, 3.05) is 13.1 Å². The lowest BCUT2D eigenvalue weighted by Gasteiger charge is -2.17. The Morgan fingerprint density at radius 3 is 2.52 bits per heavy atom. The van der Waals surface area contributed by atoms with Gasteiger partial charge in [0.15, 0.2) is 0 Å². The highest BCUT2D eigenvalue weighted by Crippen LogP contribution is 2.30. The second-order valence-corrected chi connectivity index (χ2v) is 9.46. The van der Waals surface area contributed by atoms with Gasteiger partial charge in [0, 0.05) is 12.6 Å². The van der Waals surface area contributed by atoms with Crippen LogP contribution in [0.2, 0.25) is 5.02 Å². The minimum atomic E-state index is -3.69. The fourth-order valence-corrected chi connectivity index (χ4v) is 4.99. The molecular formula is C22H20ClNO6S. The van der Waals surface area contributed by atoms with Crippen molar-refractivity contribution in [1.29, 1.82) is 0 Å². The summed E-state index contributed by atoms with van der Waals surface area (Å²) in [6, 6.07) is 16.1. The molecule has 0 aliphatic carbocycles. The van der Waals surface area contributed by atoms with Crippen LogP contribution in [-0.4, -0.2) is 31.9 Å². The fraction of sp³-hybridized carbons (Fsp3) is 0.227. The Hall–Kier alpha value is -2.81. The number of benzene rings is 2. The Morgan fingerprint density at radius 1 is 1.06 bits per heavy atom. The van der Waals surface area contributed by atoms with Gasteiger partial charge in [-0.2, -0.15) is 4.31 Å². The number of para-hydroxylation sites is 1. The van der Waals surface area contributed by atoms with Crippen molar-refractivity contribution in [3.8, 4) is 17.2 Å². The molecule has 2 heterocycles. The van der Waals surface area contributed by atoms with Crippen molar-refractivity contribution >= 4 is 21.6 Å². The normalized spacial score (nSPS) is 16.9. The number of rotatable bonds is 6. The molecule has 0 spiro atoms. The summed E-state index contributed by atoms with van der Waals surface area (Å²) < 4.78 is 43.8. The number of sulfonamides is 1. The van der Waals surface area contributed by atoms with Gasteiger partial charge in [0.05, 0.1) is 22.5 Å². The van der Waals surface area contributed by atoms with Crippen LogP contribution < -0.4 is 15.1 Å². The van der Waals surface area contributed by atoms with Crippen LogP contribution in [0.4, 0.5) is 0 Å². The third-order valence-electron chi connectivity index (χ3n) is 4.80. The van der Waals surface area contributed by atoms with E-state index in [-0.39, 0.29) is 17.5 Å². The van der Waals surface area contributed by atoms with Crippen LogP contribution >= 0.6 is 11.6 Å². The van der Waals surface area contributed by atoms with Crippen molar-refractivity contribution in [3.63, 3.8) is 0 Å². The van der Waals surface area contributed by atoms with Crippen LogP contribution in [0.5, 0.6) is 17.2 Å². The molecular weight excluding hydrogens is 442 g/mol. The van der Waals surface area contributed by atoms with E-state index in [0.29, 0.717) is 41.0 Å². The lowest BCUT2D eigenvalue weighted by Crippen LogP contribution is -2.31. The van der Waals surface area contributed by atoms with E-state index in [4.69, 9.17) is 25.5 Å². The Bertz CT molecular complexity index is 1240. The maximum absolute atomic E-state index is 13.0. The molecule has 3 aromatic rings. The average molecular weight is 462 g/mol. The van der Waals surface area contributed by atoms with E-state index in [2.05, 4.69) is 0 Å². The molecule has 0 bridgehead atoms. The molecule has 0 saturated carbocycles. The number of halogens is 1. The van der Waals surface area contributed by atoms with Crippen LogP contribution in [0.3, 0.4) is 0 Å². The number of ether oxygens (including phenoxy) is 2. The highest BCUT2D eigenvalue weighted by atomic mass is 35.5. The zero-order valence-electron chi connectivity index (χ0n) is 16.7. The summed E-state index contributed by atoms with van der Waals surface area (Å²) in [5, 5.41) is 0.466. The van der Waals surface area contributed by atoms with Crippen molar-refractivity contribution in [2.45, 2.75) is 24.3 Å². The Morgan fingerprint density at radius 2 is 1.81 bits per heavy atom. The van der Waals surface area contributed by atoms with Crippen LogP contribution in [0.15, 0.2) is 74.8 Å². The Balaban J connectivity index is 1.43. The Kier molecular flexibility index (Phi) is 6.04. The smallest absolute Gasteiger partial charge is 0.339 e. The third kappa shape index (κ3) is 4.92. The van der Waals surface area contributed by atoms with Gasteiger partial charge in [-0.3, -0.25) is 0 Å². The fourth-order valence-electron chi connectivity index (χ4n) is 3.33. The molecule has 0 amide bonds. The molecule has 1 aliphatic heterocycles. The second-order valence-electron chi connectivity index (χ2n) is 7.12.